The normalized spacial score (nSPS) is 12.4. The maximum atomic E-state index is 11.5. The molecule has 0 aliphatic heterocycles. The van der Waals surface area contributed by atoms with Gasteiger partial charge in [-0.15, -0.1) is 0 Å². The fraction of sp³-hybridized carbons (Fsp3) is 0.636. The maximum absolute atomic E-state index is 11.5. The first-order chi connectivity index (χ1) is 8.10. The lowest BCUT2D eigenvalue weighted by atomic mass is 10.3. The summed E-state index contributed by atoms with van der Waals surface area (Å²) in [6.45, 7) is 5.00. The quantitative estimate of drug-likeness (QED) is 0.787. The van der Waals surface area contributed by atoms with E-state index in [-0.39, 0.29) is 5.69 Å². The number of hydrogen-bond acceptors (Lipinski definition) is 5. The van der Waals surface area contributed by atoms with Gasteiger partial charge in [0.1, 0.15) is 5.82 Å². The van der Waals surface area contributed by atoms with Crippen LogP contribution in [-0.4, -0.2) is 33.6 Å². The van der Waals surface area contributed by atoms with Crippen molar-refractivity contribution in [3.05, 3.63) is 12.0 Å². The molecule has 1 aromatic heterocycles. The number of aryl methyl sites for hydroxylation is 1. The van der Waals surface area contributed by atoms with E-state index in [1.807, 2.05) is 0 Å². The van der Waals surface area contributed by atoms with Crippen LogP contribution in [0.1, 0.15) is 30.8 Å². The Morgan fingerprint density at radius 2 is 2.41 bits per heavy atom. The molecular formula is C11H19N3O2S. The molecule has 0 amide bonds. The third kappa shape index (κ3) is 3.66. The molecule has 0 bridgehead atoms. The summed E-state index contributed by atoms with van der Waals surface area (Å²) < 4.78 is 6.66. The first-order valence-corrected chi connectivity index (χ1v) is 6.89. The number of thioether (sulfide) groups is 1. The summed E-state index contributed by atoms with van der Waals surface area (Å²) in [6.07, 6.45) is 4.66. The van der Waals surface area contributed by atoms with E-state index in [9.17, 15) is 4.79 Å². The van der Waals surface area contributed by atoms with E-state index in [1.54, 1.807) is 29.6 Å². The van der Waals surface area contributed by atoms with Crippen LogP contribution >= 0.6 is 11.8 Å². The second-order valence-electron chi connectivity index (χ2n) is 3.73. The number of esters is 1. The van der Waals surface area contributed by atoms with Gasteiger partial charge in [0.05, 0.1) is 12.9 Å². The number of nitrogens with two attached hydrogens (primary N) is 1. The molecule has 17 heavy (non-hydrogen) atoms. The summed E-state index contributed by atoms with van der Waals surface area (Å²) in [7, 11) is 0. The minimum Gasteiger partial charge on any atom is -0.461 e. The summed E-state index contributed by atoms with van der Waals surface area (Å²) in [5, 5.41) is 0.558. The van der Waals surface area contributed by atoms with Crippen molar-refractivity contribution < 1.29 is 9.53 Å². The van der Waals surface area contributed by atoms with Crippen molar-refractivity contribution in [2.75, 3.05) is 18.6 Å². The summed E-state index contributed by atoms with van der Waals surface area (Å²) in [5.74, 6) is -0.0709. The first-order valence-electron chi connectivity index (χ1n) is 5.60. The van der Waals surface area contributed by atoms with Crippen LogP contribution in [0.5, 0.6) is 0 Å². The molecule has 96 valence electrons. The molecule has 6 heteroatoms. The lowest BCUT2D eigenvalue weighted by molar-refractivity contribution is 0.0521. The molecule has 0 spiro atoms. The number of imidazole rings is 1. The zero-order valence-electron chi connectivity index (χ0n) is 10.5. The second-order valence-corrected chi connectivity index (χ2v) is 5.00. The number of nitrogens with zero attached hydrogens (tertiary/aromatic N) is 2. The Labute approximate surface area is 106 Å². The van der Waals surface area contributed by atoms with Crippen LogP contribution in [-0.2, 0) is 11.3 Å². The molecule has 1 atom stereocenters. The fourth-order valence-electron chi connectivity index (χ4n) is 1.37. The first kappa shape index (κ1) is 13.9. The number of hydrogen-bond donors (Lipinski definition) is 1. The molecule has 2 N–H and O–H groups in total. The Balaban J connectivity index is 2.67. The molecule has 0 fully saturated rings. The maximum Gasteiger partial charge on any atom is 0.360 e. The average Bonchev–Trinajstić information content (AvgIpc) is 2.68. The van der Waals surface area contributed by atoms with Crippen molar-refractivity contribution in [1.29, 1.82) is 0 Å². The van der Waals surface area contributed by atoms with Crippen molar-refractivity contribution in [3.8, 4) is 0 Å². The summed E-state index contributed by atoms with van der Waals surface area (Å²) >= 11 is 1.80. The molecule has 0 aliphatic carbocycles. The molecule has 1 heterocycles. The molecule has 0 aliphatic rings. The van der Waals surface area contributed by atoms with E-state index in [4.69, 9.17) is 10.5 Å². The molecule has 0 saturated heterocycles. The summed E-state index contributed by atoms with van der Waals surface area (Å²) in [6, 6.07) is 0. The Bertz CT molecular complexity index is 379. The lowest BCUT2D eigenvalue weighted by Gasteiger charge is -2.09. The van der Waals surface area contributed by atoms with E-state index in [1.165, 1.54) is 0 Å². The number of ether oxygens (including phenoxy) is 1. The van der Waals surface area contributed by atoms with Gasteiger partial charge in [0.2, 0.25) is 0 Å². The lowest BCUT2D eigenvalue weighted by Crippen LogP contribution is -2.11. The van der Waals surface area contributed by atoms with Crippen molar-refractivity contribution in [3.63, 3.8) is 0 Å². The summed E-state index contributed by atoms with van der Waals surface area (Å²) in [5.41, 5.74) is 6.07. The smallest absolute Gasteiger partial charge is 0.360 e. The Morgan fingerprint density at radius 3 is 3.00 bits per heavy atom. The van der Waals surface area contributed by atoms with E-state index >= 15 is 0 Å². The molecule has 0 radical (unpaired) electrons. The third-order valence-corrected chi connectivity index (χ3v) is 3.57. The number of carbonyl (C=O) groups is 1. The van der Waals surface area contributed by atoms with Gasteiger partial charge in [0, 0.05) is 11.8 Å². The minimum absolute atomic E-state index is 0.212. The Morgan fingerprint density at radius 1 is 1.71 bits per heavy atom. The van der Waals surface area contributed by atoms with Gasteiger partial charge in [-0.25, -0.2) is 9.78 Å². The van der Waals surface area contributed by atoms with Gasteiger partial charge in [-0.1, -0.05) is 6.92 Å². The minimum atomic E-state index is -0.457. The molecule has 1 unspecified atom stereocenters. The van der Waals surface area contributed by atoms with Crippen molar-refractivity contribution in [2.45, 2.75) is 32.1 Å². The number of anilines is 1. The topological polar surface area (TPSA) is 70.1 Å². The van der Waals surface area contributed by atoms with Gasteiger partial charge >= 0.3 is 5.97 Å². The highest BCUT2D eigenvalue weighted by atomic mass is 32.2. The molecule has 5 nitrogen and oxygen atoms in total. The van der Waals surface area contributed by atoms with E-state index in [0.29, 0.717) is 17.7 Å². The van der Waals surface area contributed by atoms with Crippen LogP contribution in [0.15, 0.2) is 6.33 Å². The number of nitrogen functional groups attached to an aromatic ring is 1. The highest BCUT2D eigenvalue weighted by Crippen LogP contribution is 2.15. The fourth-order valence-corrected chi connectivity index (χ4v) is 1.71. The van der Waals surface area contributed by atoms with Gasteiger partial charge in [-0.3, -0.25) is 0 Å². The average molecular weight is 257 g/mol. The summed E-state index contributed by atoms with van der Waals surface area (Å²) in [4.78, 5) is 15.5. The monoisotopic (exact) mass is 257 g/mol. The van der Waals surface area contributed by atoms with E-state index in [2.05, 4.69) is 18.2 Å². The zero-order valence-corrected chi connectivity index (χ0v) is 11.3. The second kappa shape index (κ2) is 6.54. The van der Waals surface area contributed by atoms with Crippen molar-refractivity contribution >= 4 is 23.5 Å². The van der Waals surface area contributed by atoms with E-state index < -0.39 is 5.97 Å². The SMILES string of the molecule is CCOC(=O)c1ncn(CCC(C)SC)c1N. The van der Waals surface area contributed by atoms with Crippen LogP contribution in [0.25, 0.3) is 0 Å². The van der Waals surface area contributed by atoms with Crippen molar-refractivity contribution in [2.24, 2.45) is 0 Å². The van der Waals surface area contributed by atoms with Crippen molar-refractivity contribution in [1.82, 2.24) is 9.55 Å². The van der Waals surface area contributed by atoms with E-state index in [0.717, 1.165) is 13.0 Å². The van der Waals surface area contributed by atoms with Gasteiger partial charge in [0.15, 0.2) is 5.69 Å². The predicted molar refractivity (Wildman–Crippen MR) is 70.2 cm³/mol. The molecule has 1 rings (SSSR count). The standard InChI is InChI=1S/C11H19N3O2S/c1-4-16-11(15)9-10(12)14(7-13-9)6-5-8(2)17-3/h7-8H,4-6,12H2,1-3H3. The van der Waals surface area contributed by atoms with Crippen LogP contribution < -0.4 is 5.73 Å². The highest BCUT2D eigenvalue weighted by molar-refractivity contribution is 7.99. The number of rotatable bonds is 6. The molecule has 0 saturated carbocycles. The van der Waals surface area contributed by atoms with Gasteiger partial charge in [0.25, 0.3) is 0 Å². The van der Waals surface area contributed by atoms with Crippen LogP contribution in [0, 0.1) is 0 Å². The van der Waals surface area contributed by atoms with Gasteiger partial charge < -0.3 is 15.0 Å². The number of carbonyl (C=O) groups excluding carboxylic acids is 1. The molecule has 0 aromatic carbocycles. The van der Waals surface area contributed by atoms with Crippen LogP contribution in [0.4, 0.5) is 5.82 Å². The van der Waals surface area contributed by atoms with Gasteiger partial charge in [-0.2, -0.15) is 11.8 Å². The Kier molecular flexibility index (Phi) is 5.34. The highest BCUT2D eigenvalue weighted by Gasteiger charge is 2.16. The Hall–Kier alpha value is -1.17. The molecular weight excluding hydrogens is 238 g/mol. The van der Waals surface area contributed by atoms with Crippen LogP contribution in [0.2, 0.25) is 0 Å². The zero-order chi connectivity index (χ0) is 12.8. The third-order valence-electron chi connectivity index (χ3n) is 2.53. The van der Waals surface area contributed by atoms with Gasteiger partial charge in [-0.05, 0) is 19.6 Å². The number of aromatic nitrogens is 2. The molecule has 1 aromatic rings. The largest absolute Gasteiger partial charge is 0.461 e. The predicted octanol–water partition coefficient (Wildman–Crippen LogP) is 1.78. The van der Waals surface area contributed by atoms with Crippen LogP contribution in [0.3, 0.4) is 0 Å².